The SMILES string of the molecule is Cc1cccc(C(C)C)c1N1CC(C(=O)NCc2ccc(Cl)cc2)CC1=O. The lowest BCUT2D eigenvalue weighted by molar-refractivity contribution is -0.126. The fourth-order valence-corrected chi connectivity index (χ4v) is 3.68. The molecule has 1 aliphatic rings. The van der Waals surface area contributed by atoms with Gasteiger partial charge in [0.2, 0.25) is 11.8 Å². The molecule has 0 saturated carbocycles. The molecule has 0 aromatic heterocycles. The topological polar surface area (TPSA) is 49.4 Å². The summed E-state index contributed by atoms with van der Waals surface area (Å²) in [6.07, 6.45) is 0.248. The molecule has 0 aliphatic carbocycles. The van der Waals surface area contributed by atoms with E-state index in [0.29, 0.717) is 24.0 Å². The first kappa shape index (κ1) is 19.4. The van der Waals surface area contributed by atoms with Crippen LogP contribution in [-0.4, -0.2) is 18.4 Å². The van der Waals surface area contributed by atoms with Crippen LogP contribution in [0.2, 0.25) is 5.02 Å². The number of hydrogen-bond donors (Lipinski definition) is 1. The number of hydrogen-bond acceptors (Lipinski definition) is 2. The molecular weight excluding hydrogens is 360 g/mol. The first-order valence-electron chi connectivity index (χ1n) is 9.29. The summed E-state index contributed by atoms with van der Waals surface area (Å²) in [5, 5.41) is 3.61. The van der Waals surface area contributed by atoms with E-state index in [-0.39, 0.29) is 24.2 Å². The van der Waals surface area contributed by atoms with Crippen LogP contribution in [0.25, 0.3) is 0 Å². The average Bonchev–Trinajstić information content (AvgIpc) is 3.02. The molecule has 3 rings (SSSR count). The normalized spacial score (nSPS) is 16.9. The Kier molecular flexibility index (Phi) is 5.85. The van der Waals surface area contributed by atoms with Gasteiger partial charge in [-0.3, -0.25) is 9.59 Å². The number of carbonyl (C=O) groups excluding carboxylic acids is 2. The minimum Gasteiger partial charge on any atom is -0.352 e. The van der Waals surface area contributed by atoms with Crippen molar-refractivity contribution in [3.63, 3.8) is 0 Å². The second kappa shape index (κ2) is 8.13. The highest BCUT2D eigenvalue weighted by Crippen LogP contribution is 2.35. The maximum absolute atomic E-state index is 12.7. The molecule has 4 nitrogen and oxygen atoms in total. The molecule has 1 unspecified atom stereocenters. The molecule has 1 heterocycles. The Bertz CT molecular complexity index is 846. The van der Waals surface area contributed by atoms with Crippen LogP contribution in [0.15, 0.2) is 42.5 Å². The fourth-order valence-electron chi connectivity index (χ4n) is 3.55. The van der Waals surface area contributed by atoms with Crippen LogP contribution < -0.4 is 10.2 Å². The smallest absolute Gasteiger partial charge is 0.227 e. The molecule has 1 N–H and O–H groups in total. The van der Waals surface area contributed by atoms with Crippen LogP contribution in [0.5, 0.6) is 0 Å². The zero-order valence-electron chi connectivity index (χ0n) is 16.0. The number of anilines is 1. The van der Waals surface area contributed by atoms with Crippen LogP contribution in [-0.2, 0) is 16.1 Å². The van der Waals surface area contributed by atoms with E-state index in [4.69, 9.17) is 11.6 Å². The summed E-state index contributed by atoms with van der Waals surface area (Å²) in [4.78, 5) is 27.0. The van der Waals surface area contributed by atoms with Crippen LogP contribution in [0.1, 0.15) is 42.9 Å². The van der Waals surface area contributed by atoms with Gasteiger partial charge in [-0.15, -0.1) is 0 Å². The second-order valence-corrected chi connectivity index (χ2v) is 7.85. The third-order valence-electron chi connectivity index (χ3n) is 5.04. The van der Waals surface area contributed by atoms with Crippen molar-refractivity contribution in [2.45, 2.75) is 39.7 Å². The number of nitrogens with zero attached hydrogens (tertiary/aromatic N) is 1. The van der Waals surface area contributed by atoms with Gasteiger partial charge in [0.25, 0.3) is 0 Å². The number of carbonyl (C=O) groups is 2. The minimum absolute atomic E-state index is 0.0119. The van der Waals surface area contributed by atoms with Crippen molar-refractivity contribution in [1.29, 1.82) is 0 Å². The van der Waals surface area contributed by atoms with Crippen LogP contribution in [0, 0.1) is 12.8 Å². The first-order chi connectivity index (χ1) is 12.9. The van der Waals surface area contributed by atoms with E-state index in [2.05, 4.69) is 25.2 Å². The third kappa shape index (κ3) is 4.33. The van der Waals surface area contributed by atoms with Crippen molar-refractivity contribution in [1.82, 2.24) is 5.32 Å². The summed E-state index contributed by atoms with van der Waals surface area (Å²) in [5.41, 5.74) is 4.16. The highest BCUT2D eigenvalue weighted by atomic mass is 35.5. The highest BCUT2D eigenvalue weighted by Gasteiger charge is 2.36. The highest BCUT2D eigenvalue weighted by molar-refractivity contribution is 6.30. The van der Waals surface area contributed by atoms with Gasteiger partial charge in [-0.25, -0.2) is 0 Å². The molecule has 1 atom stereocenters. The summed E-state index contributed by atoms with van der Waals surface area (Å²) in [7, 11) is 0. The second-order valence-electron chi connectivity index (χ2n) is 7.42. The Morgan fingerprint density at radius 2 is 1.93 bits per heavy atom. The van der Waals surface area contributed by atoms with Crippen LogP contribution in [0.4, 0.5) is 5.69 Å². The Morgan fingerprint density at radius 3 is 2.59 bits per heavy atom. The minimum atomic E-state index is -0.329. The summed E-state index contributed by atoms with van der Waals surface area (Å²) in [5.74, 6) is -0.0896. The molecule has 2 aromatic carbocycles. The molecule has 5 heteroatoms. The Hall–Kier alpha value is -2.33. The third-order valence-corrected chi connectivity index (χ3v) is 5.29. The Labute approximate surface area is 165 Å². The van der Waals surface area contributed by atoms with Gasteiger partial charge < -0.3 is 10.2 Å². The van der Waals surface area contributed by atoms with Gasteiger partial charge in [0.15, 0.2) is 0 Å². The average molecular weight is 385 g/mol. The molecule has 1 aliphatic heterocycles. The van der Waals surface area contributed by atoms with Gasteiger partial charge in [0, 0.05) is 30.2 Å². The van der Waals surface area contributed by atoms with Gasteiger partial charge in [0.1, 0.15) is 0 Å². The van der Waals surface area contributed by atoms with Crippen molar-refractivity contribution in [3.05, 3.63) is 64.2 Å². The van der Waals surface area contributed by atoms with Gasteiger partial charge in [-0.1, -0.05) is 55.8 Å². The largest absolute Gasteiger partial charge is 0.352 e. The van der Waals surface area contributed by atoms with E-state index < -0.39 is 0 Å². The standard InChI is InChI=1S/C22H25ClN2O2/c1-14(2)19-6-4-5-15(3)21(19)25-13-17(11-20(25)26)22(27)24-12-16-7-9-18(23)10-8-16/h4-10,14,17H,11-13H2,1-3H3,(H,24,27). The van der Waals surface area contributed by atoms with Gasteiger partial charge in [0.05, 0.1) is 5.92 Å². The van der Waals surface area contributed by atoms with Crippen LogP contribution >= 0.6 is 11.6 Å². The van der Waals surface area contributed by atoms with Crippen LogP contribution in [0.3, 0.4) is 0 Å². The van der Waals surface area contributed by atoms with Gasteiger partial charge in [-0.2, -0.15) is 0 Å². The van der Waals surface area contributed by atoms with Crippen molar-refractivity contribution in [2.24, 2.45) is 5.92 Å². The number of halogens is 1. The number of nitrogens with one attached hydrogen (secondary N) is 1. The monoisotopic (exact) mass is 384 g/mol. The molecule has 0 bridgehead atoms. The van der Waals surface area contributed by atoms with E-state index >= 15 is 0 Å². The number of amides is 2. The lowest BCUT2D eigenvalue weighted by Crippen LogP contribution is -2.33. The molecule has 0 spiro atoms. The number of benzene rings is 2. The maximum atomic E-state index is 12.7. The Balaban J connectivity index is 1.70. The van der Waals surface area contributed by atoms with Gasteiger partial charge in [-0.05, 0) is 41.7 Å². The number of rotatable bonds is 5. The maximum Gasteiger partial charge on any atom is 0.227 e. The molecule has 27 heavy (non-hydrogen) atoms. The molecule has 1 fully saturated rings. The summed E-state index contributed by atoms with van der Waals surface area (Å²) >= 11 is 5.89. The molecular formula is C22H25ClN2O2. The van der Waals surface area contributed by atoms with E-state index in [1.807, 2.05) is 31.2 Å². The zero-order chi connectivity index (χ0) is 19.6. The summed E-state index contributed by atoms with van der Waals surface area (Å²) in [6, 6.07) is 13.5. The van der Waals surface area contributed by atoms with Crippen molar-refractivity contribution < 1.29 is 9.59 Å². The first-order valence-corrected chi connectivity index (χ1v) is 9.66. The summed E-state index contributed by atoms with van der Waals surface area (Å²) < 4.78 is 0. The molecule has 2 amide bonds. The van der Waals surface area contributed by atoms with Crippen molar-refractivity contribution in [2.75, 3.05) is 11.4 Å². The lowest BCUT2D eigenvalue weighted by Gasteiger charge is -2.24. The van der Waals surface area contributed by atoms with E-state index in [1.165, 1.54) is 0 Å². The summed E-state index contributed by atoms with van der Waals surface area (Å²) in [6.45, 7) is 7.12. The van der Waals surface area contributed by atoms with Crippen molar-refractivity contribution in [3.8, 4) is 0 Å². The lowest BCUT2D eigenvalue weighted by atomic mass is 9.97. The molecule has 2 aromatic rings. The molecule has 0 radical (unpaired) electrons. The van der Waals surface area contributed by atoms with Gasteiger partial charge >= 0.3 is 0 Å². The van der Waals surface area contributed by atoms with E-state index in [0.717, 1.165) is 22.4 Å². The van der Waals surface area contributed by atoms with E-state index in [1.54, 1.807) is 17.0 Å². The predicted octanol–water partition coefficient (Wildman–Crippen LogP) is 4.44. The Morgan fingerprint density at radius 1 is 1.22 bits per heavy atom. The van der Waals surface area contributed by atoms with Crippen molar-refractivity contribution >= 4 is 29.1 Å². The predicted molar refractivity (Wildman–Crippen MR) is 109 cm³/mol. The van der Waals surface area contributed by atoms with E-state index in [9.17, 15) is 9.59 Å². The molecule has 142 valence electrons. The fraction of sp³-hybridized carbons (Fsp3) is 0.364. The quantitative estimate of drug-likeness (QED) is 0.828. The zero-order valence-corrected chi connectivity index (χ0v) is 16.7. The number of aryl methyl sites for hydroxylation is 1. The molecule has 1 saturated heterocycles. The number of para-hydroxylation sites is 1.